The molecular weight excluding hydrogens is 176 g/mol. The highest BCUT2D eigenvalue weighted by atomic mass is 15.1. The van der Waals surface area contributed by atoms with Gasteiger partial charge in [-0.25, -0.2) is 4.98 Å². The van der Waals surface area contributed by atoms with Gasteiger partial charge in [0, 0.05) is 12.6 Å². The topological polar surface area (TPSA) is 49.8 Å². The first-order valence-corrected chi connectivity index (χ1v) is 5.21. The van der Waals surface area contributed by atoms with Crippen LogP contribution in [0.15, 0.2) is 12.4 Å². The summed E-state index contributed by atoms with van der Waals surface area (Å²) in [6.07, 6.45) is 7.15. The molecule has 0 spiro atoms. The Balaban J connectivity index is 1.94. The van der Waals surface area contributed by atoms with Crippen LogP contribution in [-0.4, -0.2) is 22.6 Å². The van der Waals surface area contributed by atoms with Gasteiger partial charge in [0.2, 0.25) is 0 Å². The first-order chi connectivity index (χ1) is 6.88. The van der Waals surface area contributed by atoms with E-state index in [0.29, 0.717) is 6.04 Å². The quantitative estimate of drug-likeness (QED) is 0.747. The smallest absolute Gasteiger partial charge is 0.147 e. The summed E-state index contributed by atoms with van der Waals surface area (Å²) in [7, 11) is 0. The molecule has 1 fully saturated rings. The average Bonchev–Trinajstić information content (AvgIpc) is 2.99. The zero-order valence-corrected chi connectivity index (χ0v) is 8.45. The van der Waals surface area contributed by atoms with Crippen LogP contribution >= 0.6 is 0 Å². The van der Waals surface area contributed by atoms with Crippen LogP contribution in [0.1, 0.15) is 26.2 Å². The maximum absolute atomic E-state index is 4.41. The van der Waals surface area contributed by atoms with Crippen LogP contribution in [0.4, 0.5) is 11.6 Å². The van der Waals surface area contributed by atoms with Crippen molar-refractivity contribution in [3.8, 4) is 0 Å². The van der Waals surface area contributed by atoms with E-state index in [1.165, 1.54) is 12.8 Å². The molecule has 1 aromatic rings. The largest absolute Gasteiger partial charge is 0.369 e. The molecule has 0 radical (unpaired) electrons. The molecule has 0 unspecified atom stereocenters. The summed E-state index contributed by atoms with van der Waals surface area (Å²) in [5.74, 6) is 1.74. The van der Waals surface area contributed by atoms with E-state index < -0.39 is 0 Å². The number of hydrogen-bond donors (Lipinski definition) is 2. The highest BCUT2D eigenvalue weighted by Gasteiger charge is 2.21. The lowest BCUT2D eigenvalue weighted by Crippen LogP contribution is -2.07. The van der Waals surface area contributed by atoms with Crippen LogP contribution in [0, 0.1) is 0 Å². The summed E-state index contributed by atoms with van der Waals surface area (Å²) >= 11 is 0. The predicted octanol–water partition coefficient (Wildman–Crippen LogP) is 1.87. The molecule has 1 aliphatic carbocycles. The molecule has 1 heterocycles. The van der Waals surface area contributed by atoms with Crippen molar-refractivity contribution < 1.29 is 0 Å². The second-order valence-electron chi connectivity index (χ2n) is 3.63. The summed E-state index contributed by atoms with van der Waals surface area (Å²) in [6, 6.07) is 0.630. The van der Waals surface area contributed by atoms with Gasteiger partial charge < -0.3 is 10.6 Å². The minimum Gasteiger partial charge on any atom is -0.369 e. The third-order valence-electron chi connectivity index (χ3n) is 2.12. The van der Waals surface area contributed by atoms with Crippen molar-refractivity contribution in [2.24, 2.45) is 0 Å². The lowest BCUT2D eigenvalue weighted by atomic mass is 10.5. The molecule has 1 saturated carbocycles. The van der Waals surface area contributed by atoms with Crippen LogP contribution in [0.25, 0.3) is 0 Å². The second kappa shape index (κ2) is 4.26. The molecule has 1 aromatic heterocycles. The first-order valence-electron chi connectivity index (χ1n) is 5.21. The van der Waals surface area contributed by atoms with Crippen LogP contribution in [0.2, 0.25) is 0 Å². The van der Waals surface area contributed by atoms with Crippen molar-refractivity contribution in [2.45, 2.75) is 32.2 Å². The van der Waals surface area contributed by atoms with E-state index in [0.717, 1.165) is 24.6 Å². The maximum atomic E-state index is 4.41. The molecule has 76 valence electrons. The second-order valence-corrected chi connectivity index (χ2v) is 3.63. The third-order valence-corrected chi connectivity index (χ3v) is 2.12. The molecule has 0 aliphatic heterocycles. The van der Waals surface area contributed by atoms with Gasteiger partial charge in [0.1, 0.15) is 11.6 Å². The zero-order chi connectivity index (χ0) is 9.80. The molecule has 1 aliphatic rings. The number of nitrogens with one attached hydrogen (secondary N) is 2. The predicted molar refractivity (Wildman–Crippen MR) is 57.5 cm³/mol. The van der Waals surface area contributed by atoms with Crippen molar-refractivity contribution in [1.82, 2.24) is 9.97 Å². The van der Waals surface area contributed by atoms with Crippen LogP contribution < -0.4 is 10.6 Å². The fourth-order valence-corrected chi connectivity index (χ4v) is 1.21. The zero-order valence-electron chi connectivity index (χ0n) is 8.45. The molecule has 0 aromatic carbocycles. The third kappa shape index (κ3) is 2.58. The van der Waals surface area contributed by atoms with Gasteiger partial charge in [0.25, 0.3) is 0 Å². The summed E-state index contributed by atoms with van der Waals surface area (Å²) in [5.41, 5.74) is 0. The van der Waals surface area contributed by atoms with Crippen LogP contribution in [0.5, 0.6) is 0 Å². The summed E-state index contributed by atoms with van der Waals surface area (Å²) in [6.45, 7) is 3.08. The highest BCUT2D eigenvalue weighted by Crippen LogP contribution is 2.23. The van der Waals surface area contributed by atoms with E-state index in [4.69, 9.17) is 0 Å². The Bertz CT molecular complexity index is 296. The first kappa shape index (κ1) is 9.24. The van der Waals surface area contributed by atoms with Crippen molar-refractivity contribution in [1.29, 1.82) is 0 Å². The standard InChI is InChI=1S/C10H16N4/c1-2-5-12-9-6-11-7-10(14-9)13-8-3-4-8/h6-8H,2-5H2,1H3,(H2,12,13,14). The van der Waals surface area contributed by atoms with Gasteiger partial charge in [0.15, 0.2) is 0 Å². The SMILES string of the molecule is CCCNc1cncc(NC2CC2)n1. The Hall–Kier alpha value is -1.32. The van der Waals surface area contributed by atoms with Crippen molar-refractivity contribution in [3.05, 3.63) is 12.4 Å². The molecule has 0 saturated heterocycles. The number of aromatic nitrogens is 2. The molecule has 0 amide bonds. The van der Waals surface area contributed by atoms with E-state index in [1.807, 2.05) is 0 Å². The monoisotopic (exact) mass is 192 g/mol. The Labute approximate surface area is 84.2 Å². The van der Waals surface area contributed by atoms with Crippen molar-refractivity contribution in [2.75, 3.05) is 17.2 Å². The van der Waals surface area contributed by atoms with Crippen LogP contribution in [-0.2, 0) is 0 Å². The summed E-state index contributed by atoms with van der Waals surface area (Å²) in [4.78, 5) is 8.54. The Morgan fingerprint density at radius 3 is 2.86 bits per heavy atom. The maximum Gasteiger partial charge on any atom is 0.147 e. The normalized spacial score (nSPS) is 15.2. The minimum absolute atomic E-state index is 0.630. The number of rotatable bonds is 5. The molecule has 14 heavy (non-hydrogen) atoms. The average molecular weight is 192 g/mol. The van der Waals surface area contributed by atoms with Crippen molar-refractivity contribution >= 4 is 11.6 Å². The molecular formula is C10H16N4. The number of anilines is 2. The molecule has 4 heteroatoms. The van der Waals surface area contributed by atoms with E-state index in [-0.39, 0.29) is 0 Å². The van der Waals surface area contributed by atoms with Gasteiger partial charge in [0.05, 0.1) is 12.4 Å². The molecule has 0 bridgehead atoms. The van der Waals surface area contributed by atoms with Gasteiger partial charge in [-0.2, -0.15) is 0 Å². The number of nitrogens with zero attached hydrogens (tertiary/aromatic N) is 2. The van der Waals surface area contributed by atoms with Gasteiger partial charge in [-0.3, -0.25) is 4.98 Å². The Morgan fingerprint density at radius 2 is 2.14 bits per heavy atom. The lowest BCUT2D eigenvalue weighted by molar-refractivity contribution is 0.962. The van der Waals surface area contributed by atoms with Gasteiger partial charge in [-0.05, 0) is 19.3 Å². The molecule has 4 nitrogen and oxygen atoms in total. The van der Waals surface area contributed by atoms with E-state index in [9.17, 15) is 0 Å². The molecule has 2 rings (SSSR count). The highest BCUT2D eigenvalue weighted by molar-refractivity contribution is 5.42. The number of hydrogen-bond acceptors (Lipinski definition) is 4. The summed E-state index contributed by atoms with van der Waals surface area (Å²) < 4.78 is 0. The van der Waals surface area contributed by atoms with Gasteiger partial charge in [-0.15, -0.1) is 0 Å². The summed E-state index contributed by atoms with van der Waals surface area (Å²) in [5, 5.41) is 6.53. The lowest BCUT2D eigenvalue weighted by Gasteiger charge is -2.06. The van der Waals surface area contributed by atoms with Gasteiger partial charge in [-0.1, -0.05) is 6.92 Å². The Kier molecular flexibility index (Phi) is 2.81. The minimum atomic E-state index is 0.630. The fourth-order valence-electron chi connectivity index (χ4n) is 1.21. The van der Waals surface area contributed by atoms with E-state index >= 15 is 0 Å². The van der Waals surface area contributed by atoms with Gasteiger partial charge >= 0.3 is 0 Å². The van der Waals surface area contributed by atoms with E-state index in [1.54, 1.807) is 12.4 Å². The van der Waals surface area contributed by atoms with Crippen LogP contribution in [0.3, 0.4) is 0 Å². The fraction of sp³-hybridized carbons (Fsp3) is 0.600. The molecule has 0 atom stereocenters. The Morgan fingerprint density at radius 1 is 1.36 bits per heavy atom. The van der Waals surface area contributed by atoms with E-state index in [2.05, 4.69) is 27.5 Å². The molecule has 2 N–H and O–H groups in total. The van der Waals surface area contributed by atoms with Crippen molar-refractivity contribution in [3.63, 3.8) is 0 Å².